The topological polar surface area (TPSA) is 83.6 Å². The van der Waals surface area contributed by atoms with Gasteiger partial charge in [-0.2, -0.15) is 0 Å². The number of hydrogen-bond acceptors (Lipinski definition) is 2. The quantitative estimate of drug-likeness (QED) is 0.795. The van der Waals surface area contributed by atoms with E-state index in [1.54, 1.807) is 0 Å². The van der Waals surface area contributed by atoms with Gasteiger partial charge in [-0.3, -0.25) is 0 Å². The van der Waals surface area contributed by atoms with Crippen LogP contribution in [0.25, 0.3) is 17.2 Å². The molecule has 0 fully saturated rings. The van der Waals surface area contributed by atoms with Crippen LogP contribution in [0.1, 0.15) is 11.1 Å². The summed E-state index contributed by atoms with van der Waals surface area (Å²) in [6, 6.07) is 16.7. The van der Waals surface area contributed by atoms with Crippen LogP contribution in [0.5, 0.6) is 0 Å². The molecule has 4 heteroatoms. The van der Waals surface area contributed by atoms with Crippen LogP contribution < -0.4 is 5.73 Å². The van der Waals surface area contributed by atoms with E-state index in [0.717, 1.165) is 11.1 Å². The second kappa shape index (κ2) is 7.76. The highest BCUT2D eigenvalue weighted by molar-refractivity contribution is 5.65. The molecule has 2 aromatic rings. The van der Waals surface area contributed by atoms with Gasteiger partial charge in [0.1, 0.15) is 0 Å². The Hall–Kier alpha value is -2.59. The average molecular weight is 271 g/mol. The number of rotatable bonds is 3. The van der Waals surface area contributed by atoms with Gasteiger partial charge in [0.05, 0.1) is 0 Å². The predicted molar refractivity (Wildman–Crippen MR) is 80.5 cm³/mol. The summed E-state index contributed by atoms with van der Waals surface area (Å²) in [7, 11) is 0. The van der Waals surface area contributed by atoms with Gasteiger partial charge in [0, 0.05) is 6.54 Å². The molecule has 0 aliphatic heterocycles. The monoisotopic (exact) mass is 271 g/mol. The highest BCUT2D eigenvalue weighted by Gasteiger charge is 1.97. The van der Waals surface area contributed by atoms with Crippen molar-refractivity contribution in [3.8, 4) is 11.1 Å². The first-order valence-corrected chi connectivity index (χ1v) is 6.00. The molecule has 0 saturated heterocycles. The van der Waals surface area contributed by atoms with Gasteiger partial charge in [0.25, 0.3) is 0 Å². The molecule has 2 rings (SSSR count). The third kappa shape index (κ3) is 4.96. The lowest BCUT2D eigenvalue weighted by Gasteiger charge is -2.03. The third-order valence-corrected chi connectivity index (χ3v) is 2.67. The van der Waals surface area contributed by atoms with Crippen molar-refractivity contribution < 1.29 is 15.0 Å². The van der Waals surface area contributed by atoms with E-state index in [2.05, 4.69) is 55.1 Å². The van der Waals surface area contributed by atoms with E-state index in [-0.39, 0.29) is 0 Å². The maximum atomic E-state index is 8.56. The van der Waals surface area contributed by atoms with Gasteiger partial charge in [-0.25, -0.2) is 4.79 Å². The molecule has 0 radical (unpaired) electrons. The fraction of sp³-hybridized carbons (Fsp3) is 0.0625. The normalized spacial score (nSPS) is 9.25. The molecular formula is C16H17NO3. The van der Waals surface area contributed by atoms with E-state index >= 15 is 0 Å². The van der Waals surface area contributed by atoms with Crippen molar-refractivity contribution >= 4 is 12.2 Å². The minimum Gasteiger partial charge on any atom is -0.450 e. The predicted octanol–water partition coefficient (Wildman–Crippen LogP) is 3.68. The first kappa shape index (κ1) is 15.5. The summed E-state index contributed by atoms with van der Waals surface area (Å²) >= 11 is 0. The molecule has 0 spiro atoms. The Kier molecular flexibility index (Phi) is 6.00. The standard InChI is InChI=1S/C15H15N.CH2O3/c1-2-12-3-7-14(8-4-12)15-9-5-13(11-16)6-10-15;2-1(3)4/h2-10H,1,11,16H2;(H2,2,3,4). The van der Waals surface area contributed by atoms with Gasteiger partial charge in [0.2, 0.25) is 0 Å². The second-order valence-electron chi connectivity index (χ2n) is 4.01. The summed E-state index contributed by atoms with van der Waals surface area (Å²) in [5, 5.41) is 13.9. The summed E-state index contributed by atoms with van der Waals surface area (Å²) in [4.78, 5) is 8.56. The lowest BCUT2D eigenvalue weighted by atomic mass is 10.0. The molecule has 104 valence electrons. The van der Waals surface area contributed by atoms with E-state index in [1.165, 1.54) is 11.1 Å². The van der Waals surface area contributed by atoms with Crippen LogP contribution in [0.3, 0.4) is 0 Å². The lowest BCUT2D eigenvalue weighted by Crippen LogP contribution is -1.95. The third-order valence-electron chi connectivity index (χ3n) is 2.67. The van der Waals surface area contributed by atoms with Crippen LogP contribution >= 0.6 is 0 Å². The van der Waals surface area contributed by atoms with E-state index < -0.39 is 6.16 Å². The van der Waals surface area contributed by atoms with Crippen LogP contribution in [0, 0.1) is 0 Å². The summed E-state index contributed by atoms with van der Waals surface area (Å²) in [6.07, 6.45) is 0.0152. The van der Waals surface area contributed by atoms with Crippen LogP contribution in [-0.2, 0) is 6.54 Å². The number of hydrogen-bond donors (Lipinski definition) is 3. The summed E-state index contributed by atoms with van der Waals surface area (Å²) in [6.45, 7) is 4.34. The largest absolute Gasteiger partial charge is 0.503 e. The molecule has 0 amide bonds. The van der Waals surface area contributed by atoms with E-state index in [0.29, 0.717) is 6.54 Å². The zero-order valence-electron chi connectivity index (χ0n) is 11.0. The first-order chi connectivity index (χ1) is 9.56. The van der Waals surface area contributed by atoms with Crippen molar-refractivity contribution in [2.45, 2.75) is 6.54 Å². The van der Waals surface area contributed by atoms with Gasteiger partial charge in [-0.15, -0.1) is 0 Å². The van der Waals surface area contributed by atoms with Gasteiger partial charge in [0.15, 0.2) is 0 Å². The van der Waals surface area contributed by atoms with Crippen molar-refractivity contribution in [2.75, 3.05) is 0 Å². The molecule has 0 aromatic heterocycles. The Balaban J connectivity index is 0.000000444. The van der Waals surface area contributed by atoms with Gasteiger partial charge < -0.3 is 15.9 Å². The summed E-state index contributed by atoms with van der Waals surface area (Å²) in [5.74, 6) is 0. The van der Waals surface area contributed by atoms with Crippen LogP contribution in [0.2, 0.25) is 0 Å². The molecule has 0 unspecified atom stereocenters. The maximum absolute atomic E-state index is 8.56. The van der Waals surface area contributed by atoms with E-state index in [4.69, 9.17) is 20.7 Å². The zero-order chi connectivity index (χ0) is 15.0. The highest BCUT2D eigenvalue weighted by Crippen LogP contribution is 2.20. The molecule has 0 atom stereocenters. The van der Waals surface area contributed by atoms with Crippen LogP contribution in [0.4, 0.5) is 4.79 Å². The van der Waals surface area contributed by atoms with Crippen molar-refractivity contribution in [1.82, 2.24) is 0 Å². The Bertz CT molecular complexity index is 555. The molecule has 0 heterocycles. The number of carbonyl (C=O) groups is 1. The minimum atomic E-state index is -1.83. The molecular weight excluding hydrogens is 254 g/mol. The lowest BCUT2D eigenvalue weighted by molar-refractivity contribution is 0.137. The Morgan fingerprint density at radius 3 is 1.75 bits per heavy atom. The SMILES string of the molecule is C=Cc1ccc(-c2ccc(CN)cc2)cc1.O=C(O)O. The van der Waals surface area contributed by atoms with E-state index in [1.807, 2.05) is 6.08 Å². The Morgan fingerprint density at radius 2 is 1.40 bits per heavy atom. The van der Waals surface area contributed by atoms with Crippen LogP contribution in [0.15, 0.2) is 55.1 Å². The number of benzene rings is 2. The molecule has 0 bridgehead atoms. The second-order valence-corrected chi connectivity index (χ2v) is 4.01. The first-order valence-electron chi connectivity index (χ1n) is 6.00. The fourth-order valence-electron chi connectivity index (χ4n) is 1.64. The van der Waals surface area contributed by atoms with Crippen molar-refractivity contribution in [2.24, 2.45) is 5.73 Å². The number of nitrogens with two attached hydrogens (primary N) is 1. The maximum Gasteiger partial charge on any atom is 0.503 e. The zero-order valence-corrected chi connectivity index (χ0v) is 11.0. The molecule has 20 heavy (non-hydrogen) atoms. The molecule has 4 N–H and O–H groups in total. The van der Waals surface area contributed by atoms with E-state index in [9.17, 15) is 0 Å². The number of carboxylic acid groups (broad SMARTS) is 2. The Labute approximate surface area is 117 Å². The Morgan fingerprint density at radius 1 is 1.00 bits per heavy atom. The van der Waals surface area contributed by atoms with Gasteiger partial charge in [-0.1, -0.05) is 61.2 Å². The molecule has 2 aromatic carbocycles. The molecule has 0 aliphatic rings. The van der Waals surface area contributed by atoms with Crippen molar-refractivity contribution in [3.63, 3.8) is 0 Å². The minimum absolute atomic E-state index is 0.593. The molecule has 0 aliphatic carbocycles. The molecule has 0 saturated carbocycles. The smallest absolute Gasteiger partial charge is 0.450 e. The summed E-state index contributed by atoms with van der Waals surface area (Å²) < 4.78 is 0. The van der Waals surface area contributed by atoms with Crippen LogP contribution in [-0.4, -0.2) is 16.4 Å². The van der Waals surface area contributed by atoms with Crippen molar-refractivity contribution in [3.05, 3.63) is 66.2 Å². The van der Waals surface area contributed by atoms with Gasteiger partial charge in [-0.05, 0) is 22.3 Å². The van der Waals surface area contributed by atoms with Gasteiger partial charge >= 0.3 is 6.16 Å². The highest BCUT2D eigenvalue weighted by atomic mass is 16.6. The molecule has 4 nitrogen and oxygen atoms in total. The average Bonchev–Trinajstić information content (AvgIpc) is 2.47. The fourth-order valence-corrected chi connectivity index (χ4v) is 1.64. The summed E-state index contributed by atoms with van der Waals surface area (Å²) in [5.41, 5.74) is 10.3. The van der Waals surface area contributed by atoms with Crippen molar-refractivity contribution in [1.29, 1.82) is 0 Å².